The number of methoxy groups -OCH3 is 1. The first-order valence-corrected chi connectivity index (χ1v) is 8.05. The quantitative estimate of drug-likeness (QED) is 0.788. The van der Waals surface area contributed by atoms with E-state index in [-0.39, 0.29) is 16.9 Å². The number of anilines is 2. The Hall–Kier alpha value is -3.36. The maximum Gasteiger partial charge on any atom is 0.416 e. The number of alkyl halides is 3. The average Bonchev–Trinajstić information content (AvgIpc) is 2.65. The second-order valence-corrected chi connectivity index (χ2v) is 5.77. The smallest absolute Gasteiger partial charge is 0.416 e. The number of esters is 1. The Morgan fingerprint density at radius 2 is 1.75 bits per heavy atom. The molecule has 148 valence electrons. The average molecular weight is 394 g/mol. The molecule has 9 heteroatoms. The zero-order chi connectivity index (χ0) is 20.9. The van der Waals surface area contributed by atoms with Crippen LogP contribution in [-0.2, 0) is 20.5 Å². The van der Waals surface area contributed by atoms with Crippen molar-refractivity contribution in [2.45, 2.75) is 13.1 Å². The van der Waals surface area contributed by atoms with Gasteiger partial charge in [-0.25, -0.2) is 4.79 Å². The summed E-state index contributed by atoms with van der Waals surface area (Å²) in [6.45, 7) is 0.776. The number of nitrogens with zero attached hydrogens (tertiary/aromatic N) is 1. The van der Waals surface area contributed by atoms with E-state index < -0.39 is 36.1 Å². The van der Waals surface area contributed by atoms with Crippen LogP contribution in [0.15, 0.2) is 48.5 Å². The third kappa shape index (κ3) is 5.32. The Balaban J connectivity index is 2.18. The second-order valence-electron chi connectivity index (χ2n) is 5.77. The van der Waals surface area contributed by atoms with Gasteiger partial charge in [0, 0.05) is 18.3 Å². The number of nitrogens with one attached hydrogen (secondary N) is 1. The van der Waals surface area contributed by atoms with E-state index in [2.05, 4.69) is 10.1 Å². The molecule has 6 nitrogen and oxygen atoms in total. The van der Waals surface area contributed by atoms with Crippen molar-refractivity contribution in [3.05, 3.63) is 59.7 Å². The molecule has 0 fully saturated rings. The van der Waals surface area contributed by atoms with Crippen LogP contribution in [0.4, 0.5) is 24.5 Å². The summed E-state index contributed by atoms with van der Waals surface area (Å²) in [6.07, 6.45) is -4.54. The van der Waals surface area contributed by atoms with Crippen molar-refractivity contribution < 1.29 is 32.3 Å². The molecule has 0 atom stereocenters. The molecule has 0 bridgehead atoms. The van der Waals surface area contributed by atoms with Crippen LogP contribution in [-0.4, -0.2) is 31.4 Å². The number of benzene rings is 2. The number of ether oxygens (including phenoxy) is 1. The van der Waals surface area contributed by atoms with Crippen LogP contribution in [0.3, 0.4) is 0 Å². The lowest BCUT2D eigenvalue weighted by Crippen LogP contribution is -2.36. The lowest BCUT2D eigenvalue weighted by molar-refractivity contribution is -0.137. The molecular weight excluding hydrogens is 377 g/mol. The summed E-state index contributed by atoms with van der Waals surface area (Å²) in [5.41, 5.74) is -0.495. The van der Waals surface area contributed by atoms with Crippen LogP contribution >= 0.6 is 0 Å². The molecule has 0 saturated heterocycles. The van der Waals surface area contributed by atoms with E-state index in [9.17, 15) is 27.6 Å². The van der Waals surface area contributed by atoms with Gasteiger partial charge in [-0.3, -0.25) is 9.59 Å². The molecule has 0 aromatic heterocycles. The molecular formula is C19H17F3N2O4. The van der Waals surface area contributed by atoms with Gasteiger partial charge in [0.1, 0.15) is 6.54 Å². The van der Waals surface area contributed by atoms with Gasteiger partial charge in [0.15, 0.2) is 0 Å². The number of amides is 2. The van der Waals surface area contributed by atoms with Crippen molar-refractivity contribution in [2.75, 3.05) is 23.9 Å². The molecule has 1 N–H and O–H groups in total. The first-order valence-electron chi connectivity index (χ1n) is 8.05. The summed E-state index contributed by atoms with van der Waals surface area (Å²) in [7, 11) is 1.21. The van der Waals surface area contributed by atoms with Crippen molar-refractivity contribution in [1.82, 2.24) is 0 Å². The van der Waals surface area contributed by atoms with Crippen LogP contribution in [0.25, 0.3) is 0 Å². The number of hydrogen-bond acceptors (Lipinski definition) is 4. The highest BCUT2D eigenvalue weighted by Crippen LogP contribution is 2.30. The zero-order valence-electron chi connectivity index (χ0n) is 15.0. The Morgan fingerprint density at radius 3 is 2.36 bits per heavy atom. The molecule has 0 spiro atoms. The maximum atomic E-state index is 12.8. The summed E-state index contributed by atoms with van der Waals surface area (Å²) in [4.78, 5) is 36.9. The third-order valence-corrected chi connectivity index (χ3v) is 3.73. The van der Waals surface area contributed by atoms with Crippen LogP contribution < -0.4 is 10.2 Å². The lowest BCUT2D eigenvalue weighted by Gasteiger charge is -2.21. The molecule has 0 aliphatic heterocycles. The molecule has 2 aromatic rings. The lowest BCUT2D eigenvalue weighted by atomic mass is 10.2. The molecule has 28 heavy (non-hydrogen) atoms. The van der Waals surface area contributed by atoms with Crippen molar-refractivity contribution in [2.24, 2.45) is 0 Å². The summed E-state index contributed by atoms with van der Waals surface area (Å²) < 4.78 is 42.9. The second kappa shape index (κ2) is 8.55. The molecule has 0 unspecified atom stereocenters. The van der Waals surface area contributed by atoms with Gasteiger partial charge in [0.25, 0.3) is 0 Å². The molecule has 2 aromatic carbocycles. The monoisotopic (exact) mass is 394 g/mol. The highest BCUT2D eigenvalue weighted by molar-refractivity contribution is 6.02. The van der Waals surface area contributed by atoms with Gasteiger partial charge < -0.3 is 15.0 Å². The summed E-state index contributed by atoms with van der Waals surface area (Å²) in [5, 5.41) is 2.33. The fourth-order valence-electron chi connectivity index (χ4n) is 2.42. The van der Waals surface area contributed by atoms with Crippen molar-refractivity contribution >= 4 is 29.2 Å². The zero-order valence-corrected chi connectivity index (χ0v) is 15.0. The van der Waals surface area contributed by atoms with E-state index in [1.54, 1.807) is 0 Å². The van der Waals surface area contributed by atoms with E-state index >= 15 is 0 Å². The molecule has 0 aliphatic rings. The van der Waals surface area contributed by atoms with E-state index in [0.29, 0.717) is 0 Å². The summed E-state index contributed by atoms with van der Waals surface area (Å²) in [6, 6.07) is 10.1. The number of carbonyl (C=O) groups excluding carboxylic acids is 3. The summed E-state index contributed by atoms with van der Waals surface area (Å²) >= 11 is 0. The molecule has 0 aliphatic carbocycles. The first-order chi connectivity index (χ1) is 13.1. The predicted octanol–water partition coefficient (Wildman–Crippen LogP) is 3.48. The highest BCUT2D eigenvalue weighted by Gasteiger charge is 2.30. The number of halogens is 3. The minimum Gasteiger partial charge on any atom is -0.465 e. The molecule has 0 heterocycles. The van der Waals surface area contributed by atoms with Gasteiger partial charge in [0.05, 0.1) is 18.2 Å². The fourth-order valence-corrected chi connectivity index (χ4v) is 2.42. The van der Waals surface area contributed by atoms with Crippen LogP contribution in [0.1, 0.15) is 22.8 Å². The van der Waals surface area contributed by atoms with Crippen molar-refractivity contribution in [3.8, 4) is 0 Å². The van der Waals surface area contributed by atoms with Gasteiger partial charge >= 0.3 is 12.1 Å². The topological polar surface area (TPSA) is 75.7 Å². The Bertz CT molecular complexity index is 897. The third-order valence-electron chi connectivity index (χ3n) is 3.73. The Morgan fingerprint density at radius 1 is 1.07 bits per heavy atom. The minimum atomic E-state index is -4.54. The van der Waals surface area contributed by atoms with Gasteiger partial charge in [-0.2, -0.15) is 13.2 Å². The maximum absolute atomic E-state index is 12.8. The van der Waals surface area contributed by atoms with Gasteiger partial charge in [0.2, 0.25) is 11.8 Å². The molecule has 0 radical (unpaired) electrons. The number of rotatable bonds is 5. The Kier molecular flexibility index (Phi) is 6.40. The van der Waals surface area contributed by atoms with Gasteiger partial charge in [-0.1, -0.05) is 12.1 Å². The van der Waals surface area contributed by atoms with E-state index in [4.69, 9.17) is 0 Å². The predicted molar refractivity (Wildman–Crippen MR) is 95.9 cm³/mol. The van der Waals surface area contributed by atoms with E-state index in [0.717, 1.165) is 17.0 Å². The Labute approximate surface area is 158 Å². The number of hydrogen-bond donors (Lipinski definition) is 1. The van der Waals surface area contributed by atoms with Crippen LogP contribution in [0, 0.1) is 0 Å². The van der Waals surface area contributed by atoms with Crippen molar-refractivity contribution in [1.29, 1.82) is 0 Å². The molecule has 0 saturated carbocycles. The fraction of sp³-hybridized carbons (Fsp3) is 0.211. The summed E-state index contributed by atoms with van der Waals surface area (Å²) in [5.74, 6) is -1.79. The molecule has 2 amide bonds. The number of carbonyl (C=O) groups is 3. The van der Waals surface area contributed by atoms with E-state index in [1.807, 2.05) is 0 Å². The highest BCUT2D eigenvalue weighted by atomic mass is 19.4. The van der Waals surface area contributed by atoms with Crippen LogP contribution in [0.5, 0.6) is 0 Å². The van der Waals surface area contributed by atoms with Crippen LogP contribution in [0.2, 0.25) is 0 Å². The largest absolute Gasteiger partial charge is 0.465 e. The SMILES string of the molecule is COC(=O)c1cccc(N(CC(=O)Nc2cccc(C(F)(F)F)c2)C(C)=O)c1. The normalized spacial score (nSPS) is 10.9. The first kappa shape index (κ1) is 20.9. The minimum absolute atomic E-state index is 0.0494. The molecule has 2 rings (SSSR count). The standard InChI is InChI=1S/C19H17F3N2O4/c1-12(25)24(16-8-3-5-13(9-16)18(27)28-2)11-17(26)23-15-7-4-6-14(10-15)19(20,21)22/h3-10H,11H2,1-2H3,(H,23,26). The van der Waals surface area contributed by atoms with E-state index in [1.165, 1.54) is 50.4 Å². The van der Waals surface area contributed by atoms with Crippen molar-refractivity contribution in [3.63, 3.8) is 0 Å². The van der Waals surface area contributed by atoms with Gasteiger partial charge in [-0.05, 0) is 36.4 Å². The van der Waals surface area contributed by atoms with Gasteiger partial charge in [-0.15, -0.1) is 0 Å².